The van der Waals surface area contributed by atoms with Gasteiger partial charge in [0.15, 0.2) is 0 Å². The van der Waals surface area contributed by atoms with Gasteiger partial charge in [0.25, 0.3) is 0 Å². The number of nitrogens with zero attached hydrogens (tertiary/aromatic N) is 4. The van der Waals surface area contributed by atoms with Crippen LogP contribution in [0.5, 0.6) is 0 Å². The maximum Gasteiger partial charge on any atom is 0.711 e. The van der Waals surface area contributed by atoms with Gasteiger partial charge in [-0.15, -0.1) is 10.2 Å². The third-order valence-corrected chi connectivity index (χ3v) is 4.58. The van der Waals surface area contributed by atoms with Gasteiger partial charge in [0, 0.05) is 28.2 Å². The molecule has 14 heteroatoms. The molecular weight excluding hydrogens is 417 g/mol. The van der Waals surface area contributed by atoms with Crippen molar-refractivity contribution in [1.82, 2.24) is 10.0 Å². The molecule has 0 bridgehead atoms. The summed E-state index contributed by atoms with van der Waals surface area (Å²) in [5.74, 6) is -4.19. The van der Waals surface area contributed by atoms with Crippen molar-refractivity contribution >= 4 is 25.9 Å². The summed E-state index contributed by atoms with van der Waals surface area (Å²) in [5.41, 5.74) is 0. The molecule has 158 valence electrons. The molecule has 1 aromatic rings. The summed E-state index contributed by atoms with van der Waals surface area (Å²) in [6.45, 7) is 0. The van der Waals surface area contributed by atoms with E-state index in [-0.39, 0.29) is 0 Å². The topological polar surface area (TPSA) is 49.7 Å². The van der Waals surface area contributed by atoms with Crippen molar-refractivity contribution in [2.75, 3.05) is 28.2 Å². The summed E-state index contributed by atoms with van der Waals surface area (Å²) in [7, 11) is -1.49. The first-order chi connectivity index (χ1) is 12.6. The van der Waals surface area contributed by atoms with E-state index in [4.69, 9.17) is 0 Å². The normalized spacial score (nSPS) is 14.0. The van der Waals surface area contributed by atoms with Crippen molar-refractivity contribution < 1.29 is 39.3 Å². The van der Waals surface area contributed by atoms with Crippen molar-refractivity contribution in [3.63, 3.8) is 0 Å². The summed E-state index contributed by atoms with van der Waals surface area (Å²) in [4.78, 5) is 0. The smallest absolute Gasteiger partial charge is 0.466 e. The zero-order chi connectivity index (χ0) is 21.8. The van der Waals surface area contributed by atoms with Crippen molar-refractivity contribution in [1.29, 1.82) is 0 Å². The van der Waals surface area contributed by atoms with Crippen LogP contribution in [0.3, 0.4) is 0 Å². The second-order valence-electron chi connectivity index (χ2n) is 5.61. The maximum atomic E-state index is 15.5. The first-order valence-electron chi connectivity index (χ1n) is 7.44. The van der Waals surface area contributed by atoms with E-state index in [2.05, 4.69) is 19.1 Å². The van der Waals surface area contributed by atoms with E-state index in [1.165, 1.54) is 18.2 Å². The van der Waals surface area contributed by atoms with Gasteiger partial charge in [-0.1, -0.05) is 30.3 Å². The minimum absolute atomic E-state index is 0.638. The predicted octanol–water partition coefficient (Wildman–Crippen LogP) is 2.71. The molecule has 1 rings (SSSR count). The minimum atomic E-state index is -5.86. The molecule has 0 unspecified atom stereocenters. The number of hydrogen-bond donors (Lipinski definition) is 0. The summed E-state index contributed by atoms with van der Waals surface area (Å²) in [6, 6.07) is 5.68. The number of rotatable bonds is 5. The molecule has 0 aliphatic rings. The molecule has 0 aromatic heterocycles. The third-order valence-electron chi connectivity index (χ3n) is 2.64. The summed E-state index contributed by atoms with van der Waals surface area (Å²) < 4.78 is 103. The number of hydrogen-bond acceptors (Lipinski definition) is 6. The first kappa shape index (κ1) is 23.5. The molecule has 0 aliphatic carbocycles. The number of halogens is 7. The molecule has 0 amide bonds. The van der Waals surface area contributed by atoms with Gasteiger partial charge in [-0.05, 0) is 0 Å². The van der Waals surface area contributed by atoms with Gasteiger partial charge in [0.2, 0.25) is 0 Å². The fraction of sp³-hybridized carbons (Fsp3) is 0.429. The molecule has 1 aromatic carbocycles. The van der Waals surface area contributed by atoms with Crippen LogP contribution in [0.4, 0.5) is 30.5 Å². The molecule has 0 N–H and O–H groups in total. The molecule has 28 heavy (non-hydrogen) atoms. The van der Waals surface area contributed by atoms with Crippen molar-refractivity contribution in [3.05, 3.63) is 30.3 Å². The van der Waals surface area contributed by atoms with E-state index in [0.29, 0.717) is 10.0 Å². The van der Waals surface area contributed by atoms with Crippen molar-refractivity contribution in [2.45, 2.75) is 12.4 Å². The molecule has 0 spiro atoms. The van der Waals surface area contributed by atoms with Crippen LogP contribution >= 0.6 is 0 Å². The van der Waals surface area contributed by atoms with Crippen LogP contribution in [0.15, 0.2) is 40.5 Å². The largest absolute Gasteiger partial charge is 0.711 e. The number of benzene rings is 1. The highest BCUT2D eigenvalue weighted by atomic mass is 28.4. The molecule has 6 nitrogen and oxygen atoms in total. The lowest BCUT2D eigenvalue weighted by Crippen LogP contribution is -2.56. The average molecular weight is 434 g/mol. The monoisotopic (exact) mass is 434 g/mol. The van der Waals surface area contributed by atoms with E-state index >= 15 is 4.11 Å². The van der Waals surface area contributed by atoms with Gasteiger partial charge in [-0.25, -0.2) is 4.11 Å². The van der Waals surface area contributed by atoms with Gasteiger partial charge in [0.05, 0.1) is 5.19 Å². The van der Waals surface area contributed by atoms with E-state index in [1.54, 1.807) is 0 Å². The van der Waals surface area contributed by atoms with Crippen LogP contribution in [-0.4, -0.2) is 71.3 Å². The van der Waals surface area contributed by atoms with Crippen molar-refractivity contribution in [2.24, 2.45) is 10.2 Å². The fourth-order valence-electron chi connectivity index (χ4n) is 1.66. The second-order valence-corrected chi connectivity index (χ2v) is 7.66. The Morgan fingerprint density at radius 3 is 1.43 bits per heavy atom. The standard InChI is InChI=1S/C14H17F7N4O2Si/c1-24(2)22-11(13(15,16)17)26-28(21,10-8-6-5-7-9-10)27-12(14(18,19)20)23-25(3)4/h5-9H,1-4H3/b22-11+,23-12+. The predicted molar refractivity (Wildman–Crippen MR) is 89.5 cm³/mol. The van der Waals surface area contributed by atoms with Gasteiger partial charge in [-0.3, -0.25) is 10.0 Å². The van der Waals surface area contributed by atoms with Crippen LogP contribution in [0.1, 0.15) is 0 Å². The van der Waals surface area contributed by atoms with E-state index in [1.807, 2.05) is 0 Å². The maximum absolute atomic E-state index is 15.5. The van der Waals surface area contributed by atoms with Crippen LogP contribution < -0.4 is 5.19 Å². The zero-order valence-electron chi connectivity index (χ0n) is 15.1. The highest BCUT2D eigenvalue weighted by Gasteiger charge is 2.57. The molecule has 0 saturated heterocycles. The Labute approximate surface area is 157 Å². The van der Waals surface area contributed by atoms with Gasteiger partial charge in [0.1, 0.15) is 0 Å². The quantitative estimate of drug-likeness (QED) is 0.179. The minimum Gasteiger partial charge on any atom is -0.466 e. The molecule has 0 radical (unpaired) electrons. The Kier molecular flexibility index (Phi) is 7.28. The third kappa shape index (κ3) is 6.90. The Balaban J connectivity index is 3.51. The SMILES string of the molecule is CN(C)/N=C(/O[Si](F)(O/C(=N/N(C)C)C(F)(F)F)c1ccccc1)C(F)(F)F. The summed E-state index contributed by atoms with van der Waals surface area (Å²) >= 11 is 0. The van der Waals surface area contributed by atoms with Crippen LogP contribution in [0.25, 0.3) is 0 Å². The highest BCUT2D eigenvalue weighted by Crippen LogP contribution is 2.26. The lowest BCUT2D eigenvalue weighted by molar-refractivity contribution is -0.0796. The van der Waals surface area contributed by atoms with Crippen LogP contribution in [-0.2, 0) is 8.85 Å². The Morgan fingerprint density at radius 1 is 0.786 bits per heavy atom. The average Bonchev–Trinajstić information content (AvgIpc) is 2.52. The Bertz CT molecular complexity index is 668. The summed E-state index contributed by atoms with van der Waals surface area (Å²) in [6.07, 6.45) is -10.6. The number of hydrazone groups is 2. The van der Waals surface area contributed by atoms with Crippen molar-refractivity contribution in [3.8, 4) is 0 Å². The Morgan fingerprint density at radius 2 is 1.14 bits per heavy atom. The lowest BCUT2D eigenvalue weighted by Gasteiger charge is -2.26. The molecule has 0 atom stereocenters. The van der Waals surface area contributed by atoms with Gasteiger partial charge in [-0.2, -0.15) is 26.3 Å². The first-order valence-corrected chi connectivity index (χ1v) is 9.13. The van der Waals surface area contributed by atoms with Gasteiger partial charge < -0.3 is 8.85 Å². The summed E-state index contributed by atoms with van der Waals surface area (Å²) in [5, 5.41) is 6.62. The molecule has 0 heterocycles. The Hall–Kier alpha value is -2.51. The van der Waals surface area contributed by atoms with E-state index in [9.17, 15) is 26.3 Å². The van der Waals surface area contributed by atoms with Crippen LogP contribution in [0, 0.1) is 0 Å². The lowest BCUT2D eigenvalue weighted by atomic mass is 10.4. The fourth-order valence-corrected chi connectivity index (χ4v) is 3.34. The van der Waals surface area contributed by atoms with E-state index < -0.39 is 38.2 Å². The van der Waals surface area contributed by atoms with E-state index in [0.717, 1.165) is 40.3 Å². The highest BCUT2D eigenvalue weighted by molar-refractivity contribution is 6.77. The number of alkyl halides is 6. The second kappa shape index (κ2) is 8.66. The van der Waals surface area contributed by atoms with Gasteiger partial charge >= 0.3 is 33.0 Å². The van der Waals surface area contributed by atoms with Crippen LogP contribution in [0.2, 0.25) is 0 Å². The molecule has 0 fully saturated rings. The molecular formula is C14H17F7N4O2Si. The molecule has 0 aliphatic heterocycles. The zero-order valence-corrected chi connectivity index (χ0v) is 16.1. The molecule has 0 saturated carbocycles.